The van der Waals surface area contributed by atoms with Gasteiger partial charge in [-0.3, -0.25) is 4.99 Å². The summed E-state index contributed by atoms with van der Waals surface area (Å²) in [5.74, 6) is 0. The molecule has 0 atom stereocenters. The van der Waals surface area contributed by atoms with E-state index in [0.717, 1.165) is 18.7 Å². The molecular formula is C14H24N2. The summed E-state index contributed by atoms with van der Waals surface area (Å²) in [6, 6.07) is 6.47. The van der Waals surface area contributed by atoms with Crippen molar-refractivity contribution < 1.29 is 0 Å². The fourth-order valence-electron chi connectivity index (χ4n) is 1.31. The van der Waals surface area contributed by atoms with Crippen molar-refractivity contribution in [2.45, 2.75) is 41.0 Å². The van der Waals surface area contributed by atoms with Gasteiger partial charge >= 0.3 is 0 Å². The average Bonchev–Trinajstić information content (AvgIpc) is 2.34. The molecule has 0 unspecified atom stereocenters. The van der Waals surface area contributed by atoms with Crippen LogP contribution in [-0.2, 0) is 6.42 Å². The Labute approximate surface area is 99.8 Å². The molecule has 0 aliphatic rings. The Morgan fingerprint density at radius 2 is 1.94 bits per heavy atom. The molecule has 0 saturated carbocycles. The van der Waals surface area contributed by atoms with Crippen LogP contribution in [0.3, 0.4) is 0 Å². The van der Waals surface area contributed by atoms with E-state index in [2.05, 4.69) is 42.4 Å². The van der Waals surface area contributed by atoms with Crippen molar-refractivity contribution in [2.75, 3.05) is 11.9 Å². The molecule has 0 radical (unpaired) electrons. The zero-order valence-corrected chi connectivity index (χ0v) is 11.2. The number of aliphatic imine (C=N–C) groups is 1. The van der Waals surface area contributed by atoms with Crippen LogP contribution in [0.4, 0.5) is 5.69 Å². The largest absolute Gasteiger partial charge is 0.347 e. The van der Waals surface area contributed by atoms with E-state index in [-0.39, 0.29) is 0 Å². The van der Waals surface area contributed by atoms with Gasteiger partial charge < -0.3 is 5.32 Å². The van der Waals surface area contributed by atoms with E-state index in [1.165, 1.54) is 11.1 Å². The van der Waals surface area contributed by atoms with E-state index >= 15 is 0 Å². The summed E-state index contributed by atoms with van der Waals surface area (Å²) in [6.45, 7) is 11.1. The van der Waals surface area contributed by atoms with Crippen molar-refractivity contribution >= 4 is 12.0 Å². The van der Waals surface area contributed by atoms with Gasteiger partial charge in [0.2, 0.25) is 0 Å². The first-order chi connectivity index (χ1) is 7.77. The monoisotopic (exact) mass is 220 g/mol. The SMILES string of the molecule is CC.CCN=CNc1ccc(CC)cc1C. The number of nitrogens with zero attached hydrogens (tertiary/aromatic N) is 1. The molecule has 0 amide bonds. The van der Waals surface area contributed by atoms with E-state index < -0.39 is 0 Å². The van der Waals surface area contributed by atoms with E-state index in [1.54, 1.807) is 6.34 Å². The second-order valence-electron chi connectivity index (χ2n) is 3.28. The zero-order valence-electron chi connectivity index (χ0n) is 11.2. The Morgan fingerprint density at radius 1 is 1.25 bits per heavy atom. The minimum Gasteiger partial charge on any atom is -0.347 e. The minimum atomic E-state index is 0.819. The van der Waals surface area contributed by atoms with Crippen molar-refractivity contribution in [1.29, 1.82) is 0 Å². The summed E-state index contributed by atoms with van der Waals surface area (Å²) in [5.41, 5.74) is 3.78. The van der Waals surface area contributed by atoms with Gasteiger partial charge in [-0.2, -0.15) is 0 Å². The van der Waals surface area contributed by atoms with E-state index in [4.69, 9.17) is 0 Å². The Kier molecular flexibility index (Phi) is 8.22. The highest BCUT2D eigenvalue weighted by Crippen LogP contribution is 2.15. The lowest BCUT2D eigenvalue weighted by molar-refractivity contribution is 1.13. The Balaban J connectivity index is 0.00000106. The summed E-state index contributed by atoms with van der Waals surface area (Å²) in [4.78, 5) is 4.11. The maximum absolute atomic E-state index is 4.11. The van der Waals surface area contributed by atoms with Gasteiger partial charge in [-0.05, 0) is 37.5 Å². The number of benzene rings is 1. The van der Waals surface area contributed by atoms with Crippen LogP contribution in [0.25, 0.3) is 0 Å². The van der Waals surface area contributed by atoms with Gasteiger partial charge in [0, 0.05) is 12.2 Å². The normalized spacial score (nSPS) is 9.81. The summed E-state index contributed by atoms with van der Waals surface area (Å²) >= 11 is 0. The lowest BCUT2D eigenvalue weighted by Crippen LogP contribution is -1.98. The predicted octanol–water partition coefficient (Wildman–Crippen LogP) is 4.04. The number of aryl methyl sites for hydroxylation is 2. The van der Waals surface area contributed by atoms with Crippen LogP contribution in [-0.4, -0.2) is 12.9 Å². The van der Waals surface area contributed by atoms with Crippen LogP contribution in [0.2, 0.25) is 0 Å². The number of anilines is 1. The maximum atomic E-state index is 4.11. The predicted molar refractivity (Wildman–Crippen MR) is 74.6 cm³/mol. The second-order valence-corrected chi connectivity index (χ2v) is 3.28. The van der Waals surface area contributed by atoms with E-state index in [1.807, 2.05) is 20.8 Å². The van der Waals surface area contributed by atoms with Gasteiger partial charge in [-0.1, -0.05) is 32.9 Å². The average molecular weight is 220 g/mol. The van der Waals surface area contributed by atoms with Gasteiger partial charge in [-0.15, -0.1) is 0 Å². The van der Waals surface area contributed by atoms with Crippen LogP contribution in [0.5, 0.6) is 0 Å². The Bertz CT molecular complexity index is 317. The second kappa shape index (κ2) is 8.96. The molecular weight excluding hydrogens is 196 g/mol. The number of rotatable bonds is 4. The molecule has 1 rings (SSSR count). The lowest BCUT2D eigenvalue weighted by Gasteiger charge is -2.06. The number of nitrogens with one attached hydrogen (secondary N) is 1. The fraction of sp³-hybridized carbons (Fsp3) is 0.500. The van der Waals surface area contributed by atoms with Crippen molar-refractivity contribution in [3.05, 3.63) is 29.3 Å². The molecule has 1 N–H and O–H groups in total. The van der Waals surface area contributed by atoms with Crippen molar-refractivity contribution in [3.8, 4) is 0 Å². The molecule has 0 bridgehead atoms. The zero-order chi connectivity index (χ0) is 12.4. The molecule has 1 aromatic carbocycles. The lowest BCUT2D eigenvalue weighted by atomic mass is 10.1. The third-order valence-electron chi connectivity index (χ3n) is 2.19. The molecule has 0 saturated heterocycles. The maximum Gasteiger partial charge on any atom is 0.0867 e. The summed E-state index contributed by atoms with van der Waals surface area (Å²) < 4.78 is 0. The molecule has 2 heteroatoms. The minimum absolute atomic E-state index is 0.819. The molecule has 16 heavy (non-hydrogen) atoms. The van der Waals surface area contributed by atoms with Gasteiger partial charge in [0.25, 0.3) is 0 Å². The summed E-state index contributed by atoms with van der Waals surface area (Å²) in [5, 5.41) is 3.17. The summed E-state index contributed by atoms with van der Waals surface area (Å²) in [7, 11) is 0. The molecule has 1 aromatic rings. The van der Waals surface area contributed by atoms with E-state index in [9.17, 15) is 0 Å². The van der Waals surface area contributed by atoms with Gasteiger partial charge in [0.15, 0.2) is 0 Å². The molecule has 90 valence electrons. The third kappa shape index (κ3) is 4.96. The molecule has 0 heterocycles. The topological polar surface area (TPSA) is 24.4 Å². The highest BCUT2D eigenvalue weighted by atomic mass is 14.9. The molecule has 0 fully saturated rings. The van der Waals surface area contributed by atoms with Crippen molar-refractivity contribution in [3.63, 3.8) is 0 Å². The fourth-order valence-corrected chi connectivity index (χ4v) is 1.31. The van der Waals surface area contributed by atoms with Crippen molar-refractivity contribution in [2.24, 2.45) is 4.99 Å². The summed E-state index contributed by atoms with van der Waals surface area (Å²) in [6.07, 6.45) is 2.85. The molecule has 0 aliphatic heterocycles. The molecule has 2 nitrogen and oxygen atoms in total. The Morgan fingerprint density at radius 3 is 2.44 bits per heavy atom. The van der Waals surface area contributed by atoms with E-state index in [0.29, 0.717) is 0 Å². The van der Waals surface area contributed by atoms with Crippen LogP contribution in [0.15, 0.2) is 23.2 Å². The van der Waals surface area contributed by atoms with Gasteiger partial charge in [0.1, 0.15) is 0 Å². The third-order valence-corrected chi connectivity index (χ3v) is 2.19. The highest BCUT2D eigenvalue weighted by molar-refractivity contribution is 5.77. The first-order valence-electron chi connectivity index (χ1n) is 6.12. The van der Waals surface area contributed by atoms with Crippen molar-refractivity contribution in [1.82, 2.24) is 0 Å². The highest BCUT2D eigenvalue weighted by Gasteiger charge is 1.96. The van der Waals surface area contributed by atoms with Crippen LogP contribution >= 0.6 is 0 Å². The van der Waals surface area contributed by atoms with Crippen LogP contribution < -0.4 is 5.32 Å². The standard InChI is InChI=1S/C12H18N2.C2H6/c1-4-11-6-7-12(10(3)8-11)14-9-13-5-2;1-2/h6-9H,4-5H2,1-3H3,(H,13,14);1-2H3. The van der Waals surface area contributed by atoms with Crippen LogP contribution in [0.1, 0.15) is 38.8 Å². The number of hydrogen-bond acceptors (Lipinski definition) is 1. The smallest absolute Gasteiger partial charge is 0.0867 e. The molecule has 0 aliphatic carbocycles. The Hall–Kier alpha value is -1.31. The van der Waals surface area contributed by atoms with Gasteiger partial charge in [-0.25, -0.2) is 0 Å². The molecule has 0 spiro atoms. The number of hydrogen-bond donors (Lipinski definition) is 1. The first-order valence-corrected chi connectivity index (χ1v) is 6.12. The van der Waals surface area contributed by atoms with Gasteiger partial charge in [0.05, 0.1) is 6.34 Å². The van der Waals surface area contributed by atoms with Crippen LogP contribution in [0, 0.1) is 6.92 Å². The first kappa shape index (κ1) is 14.7. The molecule has 0 aromatic heterocycles. The quantitative estimate of drug-likeness (QED) is 0.601.